The summed E-state index contributed by atoms with van der Waals surface area (Å²) in [6.07, 6.45) is -2.94. The van der Waals surface area contributed by atoms with Gasteiger partial charge in [-0.25, -0.2) is 9.18 Å². The first kappa shape index (κ1) is 19.7. The van der Waals surface area contributed by atoms with Crippen LogP contribution in [-0.4, -0.2) is 15.8 Å². The average molecular weight is 413 g/mol. The number of carbonyl (C=O) groups is 1. The summed E-state index contributed by atoms with van der Waals surface area (Å²) < 4.78 is 52.7. The zero-order chi connectivity index (χ0) is 20.3. The fourth-order valence-electron chi connectivity index (χ4n) is 2.39. The number of alkyl halides is 3. The van der Waals surface area contributed by atoms with E-state index in [4.69, 9.17) is 11.6 Å². The predicted molar refractivity (Wildman–Crippen MR) is 96.8 cm³/mol. The predicted octanol–water partition coefficient (Wildman–Crippen LogP) is 5.39. The number of benzene rings is 2. The lowest BCUT2D eigenvalue weighted by Crippen LogP contribution is -2.20. The molecule has 0 aliphatic carbocycles. The summed E-state index contributed by atoms with van der Waals surface area (Å²) in [5.74, 6) is -0.273. The van der Waals surface area contributed by atoms with Gasteiger partial charge in [0.25, 0.3) is 0 Å². The molecule has 3 aromatic rings. The monoisotopic (exact) mass is 412 g/mol. The van der Waals surface area contributed by atoms with Gasteiger partial charge < -0.3 is 5.32 Å². The van der Waals surface area contributed by atoms with Gasteiger partial charge in [-0.1, -0.05) is 23.7 Å². The molecule has 0 spiro atoms. The van der Waals surface area contributed by atoms with Crippen molar-refractivity contribution in [2.24, 2.45) is 0 Å². The van der Waals surface area contributed by atoms with Crippen LogP contribution in [0.4, 0.5) is 33.9 Å². The molecule has 1 heterocycles. The molecule has 1 aromatic heterocycles. The van der Waals surface area contributed by atoms with Crippen LogP contribution in [0.3, 0.4) is 0 Å². The highest BCUT2D eigenvalue weighted by Crippen LogP contribution is 2.30. The van der Waals surface area contributed by atoms with Gasteiger partial charge >= 0.3 is 12.2 Å². The zero-order valence-corrected chi connectivity index (χ0v) is 14.9. The van der Waals surface area contributed by atoms with Gasteiger partial charge in [0.2, 0.25) is 0 Å². The first-order valence-corrected chi connectivity index (χ1v) is 8.31. The van der Waals surface area contributed by atoms with E-state index in [-0.39, 0.29) is 23.1 Å². The molecule has 0 aliphatic heterocycles. The lowest BCUT2D eigenvalue weighted by atomic mass is 10.2. The molecule has 28 heavy (non-hydrogen) atoms. The van der Waals surface area contributed by atoms with E-state index in [1.165, 1.54) is 41.1 Å². The number of nitrogens with one attached hydrogen (secondary N) is 2. The average Bonchev–Trinajstić information content (AvgIpc) is 3.03. The van der Waals surface area contributed by atoms with Crippen LogP contribution in [-0.2, 0) is 12.7 Å². The first-order valence-electron chi connectivity index (χ1n) is 7.93. The van der Waals surface area contributed by atoms with Crippen molar-refractivity contribution in [3.63, 3.8) is 0 Å². The van der Waals surface area contributed by atoms with Crippen LogP contribution < -0.4 is 10.6 Å². The number of halogens is 5. The summed E-state index contributed by atoms with van der Waals surface area (Å²) in [5.41, 5.74) is -0.248. The number of amides is 2. The molecular weight excluding hydrogens is 400 g/mol. The number of hydrogen-bond acceptors (Lipinski definition) is 2. The first-order chi connectivity index (χ1) is 13.2. The van der Waals surface area contributed by atoms with Crippen molar-refractivity contribution < 1.29 is 22.4 Å². The van der Waals surface area contributed by atoms with Crippen LogP contribution >= 0.6 is 11.6 Å². The van der Waals surface area contributed by atoms with E-state index in [0.29, 0.717) is 5.56 Å². The van der Waals surface area contributed by atoms with Gasteiger partial charge in [-0.05, 0) is 35.9 Å². The molecule has 2 N–H and O–H groups in total. The summed E-state index contributed by atoms with van der Waals surface area (Å²) >= 11 is 5.96. The van der Waals surface area contributed by atoms with Gasteiger partial charge in [-0.2, -0.15) is 18.3 Å². The quantitative estimate of drug-likeness (QED) is 0.565. The molecule has 0 bridgehead atoms. The Hall–Kier alpha value is -3.07. The van der Waals surface area contributed by atoms with E-state index in [9.17, 15) is 22.4 Å². The van der Waals surface area contributed by atoms with Crippen LogP contribution in [0.15, 0.2) is 54.7 Å². The molecule has 0 aliphatic rings. The summed E-state index contributed by atoms with van der Waals surface area (Å²) in [4.78, 5) is 12.0. The van der Waals surface area contributed by atoms with Gasteiger partial charge in [0.05, 0.1) is 12.1 Å². The number of aromatic nitrogens is 2. The SMILES string of the molecule is O=C(Nc1cccc(C(F)(F)F)c1)Nc1ccn(Cc2ccc(F)cc2Cl)n1. The molecule has 0 saturated heterocycles. The van der Waals surface area contributed by atoms with Gasteiger partial charge in [-0.3, -0.25) is 10.00 Å². The van der Waals surface area contributed by atoms with Crippen molar-refractivity contribution in [2.45, 2.75) is 12.7 Å². The summed E-state index contributed by atoms with van der Waals surface area (Å²) in [6.45, 7) is 0.246. The minimum absolute atomic E-state index is 0.00940. The van der Waals surface area contributed by atoms with Crippen LogP contribution in [0, 0.1) is 5.82 Å². The second-order valence-electron chi connectivity index (χ2n) is 5.79. The van der Waals surface area contributed by atoms with Crippen LogP contribution in [0.25, 0.3) is 0 Å². The number of nitrogens with zero attached hydrogens (tertiary/aromatic N) is 2. The maximum atomic E-state index is 13.1. The van der Waals surface area contributed by atoms with Crippen molar-refractivity contribution in [1.29, 1.82) is 0 Å². The maximum Gasteiger partial charge on any atom is 0.416 e. The van der Waals surface area contributed by atoms with E-state index in [2.05, 4.69) is 15.7 Å². The highest BCUT2D eigenvalue weighted by molar-refractivity contribution is 6.31. The largest absolute Gasteiger partial charge is 0.416 e. The van der Waals surface area contributed by atoms with E-state index in [1.807, 2.05) is 0 Å². The number of anilines is 2. The lowest BCUT2D eigenvalue weighted by molar-refractivity contribution is -0.137. The number of hydrogen-bond donors (Lipinski definition) is 2. The van der Waals surface area contributed by atoms with Crippen molar-refractivity contribution in [3.8, 4) is 0 Å². The Morgan fingerprint density at radius 1 is 1.11 bits per heavy atom. The van der Waals surface area contributed by atoms with Gasteiger partial charge in [0.1, 0.15) is 5.82 Å². The fraction of sp³-hybridized carbons (Fsp3) is 0.111. The Balaban J connectivity index is 1.62. The van der Waals surface area contributed by atoms with Gasteiger partial charge in [0, 0.05) is 23.0 Å². The lowest BCUT2D eigenvalue weighted by Gasteiger charge is -2.10. The second kappa shape index (κ2) is 7.89. The van der Waals surface area contributed by atoms with Crippen molar-refractivity contribution in [1.82, 2.24) is 9.78 Å². The van der Waals surface area contributed by atoms with Crippen molar-refractivity contribution in [2.75, 3.05) is 10.6 Å². The van der Waals surface area contributed by atoms with Crippen molar-refractivity contribution in [3.05, 3.63) is 76.7 Å². The molecule has 2 amide bonds. The molecule has 10 heteroatoms. The molecular formula is C18H13ClF4N4O. The highest BCUT2D eigenvalue weighted by Gasteiger charge is 2.30. The van der Waals surface area contributed by atoms with Crippen molar-refractivity contribution >= 4 is 29.1 Å². The third kappa shape index (κ3) is 5.01. The smallest absolute Gasteiger partial charge is 0.308 e. The van der Waals surface area contributed by atoms with E-state index < -0.39 is 23.6 Å². The maximum absolute atomic E-state index is 13.1. The molecule has 0 radical (unpaired) electrons. The van der Waals surface area contributed by atoms with E-state index in [1.54, 1.807) is 6.20 Å². The highest BCUT2D eigenvalue weighted by atomic mass is 35.5. The Kier molecular flexibility index (Phi) is 5.55. The topological polar surface area (TPSA) is 59.0 Å². The molecule has 3 rings (SSSR count). The summed E-state index contributed by atoms with van der Waals surface area (Å²) in [6, 6.07) is 9.00. The summed E-state index contributed by atoms with van der Waals surface area (Å²) in [5, 5.41) is 9.10. The molecule has 2 aromatic carbocycles. The van der Waals surface area contributed by atoms with Gasteiger partial charge in [0.15, 0.2) is 5.82 Å². The minimum atomic E-state index is -4.51. The number of urea groups is 1. The van der Waals surface area contributed by atoms with E-state index >= 15 is 0 Å². The number of carbonyl (C=O) groups excluding carboxylic acids is 1. The van der Waals surface area contributed by atoms with Crippen LogP contribution in [0.5, 0.6) is 0 Å². The minimum Gasteiger partial charge on any atom is -0.308 e. The Bertz CT molecular complexity index is 1000. The number of rotatable bonds is 4. The normalized spacial score (nSPS) is 11.3. The van der Waals surface area contributed by atoms with Crippen LogP contribution in [0.2, 0.25) is 5.02 Å². The van der Waals surface area contributed by atoms with Crippen LogP contribution in [0.1, 0.15) is 11.1 Å². The Labute approximate surface area is 161 Å². The standard InChI is InChI=1S/C18H13ClF4N4O/c19-15-9-13(20)5-4-11(15)10-27-7-6-16(26-27)25-17(28)24-14-3-1-2-12(8-14)18(21,22)23/h1-9H,10H2,(H2,24,25,26,28). The summed E-state index contributed by atoms with van der Waals surface area (Å²) in [7, 11) is 0. The van der Waals surface area contributed by atoms with E-state index in [0.717, 1.165) is 12.1 Å². The molecule has 5 nitrogen and oxygen atoms in total. The molecule has 0 saturated carbocycles. The zero-order valence-electron chi connectivity index (χ0n) is 14.1. The third-order valence-corrected chi connectivity index (χ3v) is 4.03. The Morgan fingerprint density at radius 2 is 1.89 bits per heavy atom. The third-order valence-electron chi connectivity index (χ3n) is 3.68. The molecule has 0 atom stereocenters. The molecule has 146 valence electrons. The molecule has 0 fully saturated rings. The molecule has 0 unspecified atom stereocenters. The Morgan fingerprint density at radius 3 is 2.61 bits per heavy atom. The second-order valence-corrected chi connectivity index (χ2v) is 6.20. The fourth-order valence-corrected chi connectivity index (χ4v) is 2.62. The van der Waals surface area contributed by atoms with Gasteiger partial charge in [-0.15, -0.1) is 0 Å².